The molecule has 1 heterocycles. The Morgan fingerprint density at radius 1 is 1.13 bits per heavy atom. The van der Waals surface area contributed by atoms with Crippen LogP contribution in [-0.4, -0.2) is 18.9 Å². The van der Waals surface area contributed by atoms with Crippen molar-refractivity contribution in [1.82, 2.24) is 4.57 Å². The van der Waals surface area contributed by atoms with Crippen LogP contribution in [0.15, 0.2) is 65.1 Å². The van der Waals surface area contributed by atoms with Gasteiger partial charge in [0.15, 0.2) is 0 Å². The van der Waals surface area contributed by atoms with E-state index in [1.165, 1.54) is 42.5 Å². The normalized spacial score (nSPS) is 11.8. The number of nitrogens with zero attached hydrogens (tertiary/aromatic N) is 2. The van der Waals surface area contributed by atoms with Gasteiger partial charge in [0.2, 0.25) is 10.0 Å². The number of nitriles is 1. The highest BCUT2D eigenvalue weighted by Gasteiger charge is 2.15. The molecule has 3 rings (SSSR count). The maximum atomic E-state index is 13.0. The van der Waals surface area contributed by atoms with Gasteiger partial charge in [0.1, 0.15) is 17.5 Å². The number of aryl methyl sites for hydroxylation is 1. The molecular weight excluding hydrogens is 419 g/mol. The van der Waals surface area contributed by atoms with Crippen LogP contribution in [0.5, 0.6) is 0 Å². The Morgan fingerprint density at radius 2 is 1.74 bits per heavy atom. The van der Waals surface area contributed by atoms with E-state index in [-0.39, 0.29) is 10.5 Å². The van der Waals surface area contributed by atoms with Gasteiger partial charge in [-0.2, -0.15) is 5.26 Å². The van der Waals surface area contributed by atoms with Gasteiger partial charge in [-0.1, -0.05) is 0 Å². The molecule has 0 saturated carbocycles. The summed E-state index contributed by atoms with van der Waals surface area (Å²) in [6.07, 6.45) is 1.47. The van der Waals surface area contributed by atoms with E-state index in [4.69, 9.17) is 5.14 Å². The number of rotatable bonds is 5. The molecule has 31 heavy (non-hydrogen) atoms. The average Bonchev–Trinajstić information content (AvgIpc) is 3.00. The summed E-state index contributed by atoms with van der Waals surface area (Å²) in [7, 11) is -3.79. The van der Waals surface area contributed by atoms with Crippen LogP contribution in [-0.2, 0) is 14.8 Å². The lowest BCUT2D eigenvalue weighted by atomic mass is 10.1. The topological polar surface area (TPSA) is 118 Å². The van der Waals surface area contributed by atoms with Gasteiger partial charge in [-0.3, -0.25) is 4.79 Å². The SMILES string of the molecule is Cc1cc(/C=C(/C#N)C(=O)Nc2ccc(F)cc2)c(C)n1-c1ccc(S(N)(=O)=O)cc1. The minimum atomic E-state index is -3.79. The molecule has 0 atom stereocenters. The molecule has 1 aromatic heterocycles. The number of halogens is 1. The van der Waals surface area contributed by atoms with Crippen LogP contribution < -0.4 is 10.5 Å². The fourth-order valence-electron chi connectivity index (χ4n) is 3.15. The van der Waals surface area contributed by atoms with Gasteiger partial charge < -0.3 is 9.88 Å². The molecule has 158 valence electrons. The summed E-state index contributed by atoms with van der Waals surface area (Å²) in [5, 5.41) is 17.2. The van der Waals surface area contributed by atoms with Crippen molar-refractivity contribution in [2.24, 2.45) is 5.14 Å². The molecule has 0 radical (unpaired) electrons. The summed E-state index contributed by atoms with van der Waals surface area (Å²) < 4.78 is 37.8. The van der Waals surface area contributed by atoms with Crippen LogP contribution in [0.2, 0.25) is 0 Å². The van der Waals surface area contributed by atoms with Crippen molar-refractivity contribution in [3.8, 4) is 11.8 Å². The second-order valence-electron chi connectivity index (χ2n) is 6.83. The summed E-state index contributed by atoms with van der Waals surface area (Å²) in [5.41, 5.74) is 3.18. The highest BCUT2D eigenvalue weighted by atomic mass is 32.2. The third-order valence-corrected chi connectivity index (χ3v) is 5.59. The Morgan fingerprint density at radius 3 is 2.29 bits per heavy atom. The number of aromatic nitrogens is 1. The minimum Gasteiger partial charge on any atom is -0.321 e. The number of hydrogen-bond donors (Lipinski definition) is 2. The van der Waals surface area contributed by atoms with Gasteiger partial charge in [-0.25, -0.2) is 17.9 Å². The summed E-state index contributed by atoms with van der Waals surface area (Å²) >= 11 is 0. The summed E-state index contributed by atoms with van der Waals surface area (Å²) in [4.78, 5) is 12.5. The lowest BCUT2D eigenvalue weighted by molar-refractivity contribution is -0.112. The zero-order valence-electron chi connectivity index (χ0n) is 16.8. The number of primary sulfonamides is 1. The minimum absolute atomic E-state index is 0.00284. The van der Waals surface area contributed by atoms with Crippen LogP contribution in [0.3, 0.4) is 0 Å². The maximum Gasteiger partial charge on any atom is 0.266 e. The van der Waals surface area contributed by atoms with E-state index in [1.54, 1.807) is 12.1 Å². The second-order valence-corrected chi connectivity index (χ2v) is 8.39. The van der Waals surface area contributed by atoms with Gasteiger partial charge in [0.25, 0.3) is 5.91 Å². The zero-order valence-corrected chi connectivity index (χ0v) is 17.6. The van der Waals surface area contributed by atoms with Gasteiger partial charge in [-0.15, -0.1) is 0 Å². The van der Waals surface area contributed by atoms with E-state index in [0.29, 0.717) is 16.9 Å². The number of sulfonamides is 1. The van der Waals surface area contributed by atoms with Crippen LogP contribution in [0.25, 0.3) is 11.8 Å². The smallest absolute Gasteiger partial charge is 0.266 e. The molecule has 0 aliphatic carbocycles. The molecule has 7 nitrogen and oxygen atoms in total. The molecule has 0 aliphatic heterocycles. The quantitative estimate of drug-likeness (QED) is 0.469. The molecule has 1 amide bonds. The number of anilines is 1. The van der Waals surface area contributed by atoms with E-state index < -0.39 is 21.7 Å². The Labute approximate surface area is 179 Å². The molecule has 2 aromatic carbocycles. The van der Waals surface area contributed by atoms with Gasteiger partial charge in [0, 0.05) is 22.8 Å². The van der Waals surface area contributed by atoms with Gasteiger partial charge in [0.05, 0.1) is 4.90 Å². The largest absolute Gasteiger partial charge is 0.321 e. The Bertz CT molecular complexity index is 1320. The number of carbonyl (C=O) groups excluding carboxylic acids is 1. The molecule has 0 fully saturated rings. The predicted octanol–water partition coefficient (Wildman–Crippen LogP) is 3.43. The number of hydrogen-bond acceptors (Lipinski definition) is 4. The van der Waals surface area contributed by atoms with Crippen molar-refractivity contribution in [3.05, 3.63) is 82.9 Å². The average molecular weight is 438 g/mol. The van der Waals surface area contributed by atoms with Crippen molar-refractivity contribution in [1.29, 1.82) is 5.26 Å². The van der Waals surface area contributed by atoms with E-state index in [1.807, 2.05) is 30.6 Å². The predicted molar refractivity (Wildman–Crippen MR) is 115 cm³/mol. The first kappa shape index (κ1) is 22.0. The van der Waals surface area contributed by atoms with Crippen LogP contribution in [0, 0.1) is 31.0 Å². The third-order valence-electron chi connectivity index (χ3n) is 4.66. The molecule has 0 spiro atoms. The number of benzene rings is 2. The fourth-order valence-corrected chi connectivity index (χ4v) is 3.67. The van der Waals surface area contributed by atoms with Crippen molar-refractivity contribution < 1.29 is 17.6 Å². The fraction of sp³-hybridized carbons (Fsp3) is 0.0909. The molecular formula is C22H19FN4O3S. The second kappa shape index (κ2) is 8.55. The van der Waals surface area contributed by atoms with Gasteiger partial charge in [-0.05, 0) is 80.1 Å². The Hall–Kier alpha value is -3.74. The molecule has 3 N–H and O–H groups in total. The van der Waals surface area contributed by atoms with Crippen molar-refractivity contribution >= 4 is 27.7 Å². The maximum absolute atomic E-state index is 13.0. The molecule has 0 unspecified atom stereocenters. The summed E-state index contributed by atoms with van der Waals surface area (Å²) in [6.45, 7) is 3.67. The van der Waals surface area contributed by atoms with Crippen molar-refractivity contribution in [2.45, 2.75) is 18.7 Å². The lowest BCUT2D eigenvalue weighted by Gasteiger charge is -2.10. The first-order chi connectivity index (χ1) is 14.6. The monoisotopic (exact) mass is 438 g/mol. The van der Waals surface area contributed by atoms with Crippen molar-refractivity contribution in [2.75, 3.05) is 5.32 Å². The lowest BCUT2D eigenvalue weighted by Crippen LogP contribution is -2.13. The molecule has 0 bridgehead atoms. The van der Waals surface area contributed by atoms with Crippen LogP contribution in [0.4, 0.5) is 10.1 Å². The highest BCUT2D eigenvalue weighted by molar-refractivity contribution is 7.89. The number of amides is 1. The van der Waals surface area contributed by atoms with E-state index in [0.717, 1.165) is 11.4 Å². The third kappa shape index (κ3) is 4.88. The zero-order chi connectivity index (χ0) is 22.8. The molecule has 0 aliphatic rings. The van der Waals surface area contributed by atoms with E-state index >= 15 is 0 Å². The van der Waals surface area contributed by atoms with Crippen molar-refractivity contribution in [3.63, 3.8) is 0 Å². The van der Waals surface area contributed by atoms with E-state index in [2.05, 4.69) is 5.32 Å². The highest BCUT2D eigenvalue weighted by Crippen LogP contribution is 2.24. The first-order valence-corrected chi connectivity index (χ1v) is 10.7. The number of nitrogens with two attached hydrogens (primary N) is 1. The Balaban J connectivity index is 1.92. The molecule has 9 heteroatoms. The molecule has 3 aromatic rings. The Kier molecular flexibility index (Phi) is 6.06. The number of carbonyl (C=O) groups is 1. The first-order valence-electron chi connectivity index (χ1n) is 9.11. The van der Waals surface area contributed by atoms with Crippen LogP contribution in [0.1, 0.15) is 17.0 Å². The van der Waals surface area contributed by atoms with Crippen LogP contribution >= 0.6 is 0 Å². The number of nitrogens with one attached hydrogen (secondary N) is 1. The summed E-state index contributed by atoms with van der Waals surface area (Å²) in [5.74, 6) is -1.05. The van der Waals surface area contributed by atoms with E-state index in [9.17, 15) is 22.9 Å². The molecule has 0 saturated heterocycles. The summed E-state index contributed by atoms with van der Waals surface area (Å²) in [6, 6.07) is 15.0. The van der Waals surface area contributed by atoms with Gasteiger partial charge >= 0.3 is 0 Å². The standard InChI is InChI=1S/C22H19FN4O3S/c1-14-11-16(12-17(13-24)22(28)26-19-5-3-18(23)4-6-19)15(2)27(14)20-7-9-21(10-8-20)31(25,29)30/h3-12H,1-2H3,(H,26,28)(H2,25,29,30)/b17-12-.